The summed E-state index contributed by atoms with van der Waals surface area (Å²) in [6.07, 6.45) is -3.21. The predicted molar refractivity (Wildman–Crippen MR) is 110 cm³/mol. The van der Waals surface area contributed by atoms with Gasteiger partial charge in [-0.2, -0.15) is 0 Å². The van der Waals surface area contributed by atoms with Crippen LogP contribution in [0.2, 0.25) is 0 Å². The summed E-state index contributed by atoms with van der Waals surface area (Å²) < 4.78 is 42.3. The van der Waals surface area contributed by atoms with Gasteiger partial charge in [0.2, 0.25) is 15.1 Å². The number of halogens is 5. The van der Waals surface area contributed by atoms with E-state index in [1.165, 1.54) is 0 Å². The molecule has 2 aliphatic heterocycles. The molecule has 13 heteroatoms. The van der Waals surface area contributed by atoms with Gasteiger partial charge in [-0.25, -0.2) is 13.6 Å². The molecule has 0 radical (unpaired) electrons. The number of esters is 1. The van der Waals surface area contributed by atoms with Crippen LogP contribution < -0.4 is 5.32 Å². The molecule has 2 unspecified atom stereocenters. The number of hydrogen-bond donors (Lipinski definition) is 1. The first kappa shape index (κ1) is 24.1. The Morgan fingerprint density at radius 2 is 1.94 bits per heavy atom. The lowest BCUT2D eigenvalue weighted by Crippen LogP contribution is -2.75. The van der Waals surface area contributed by atoms with Crippen molar-refractivity contribution in [3.05, 3.63) is 47.2 Å². The Kier molecular flexibility index (Phi) is 7.37. The summed E-state index contributed by atoms with van der Waals surface area (Å²) in [7, 11) is 0. The molecule has 3 atom stereocenters. The van der Waals surface area contributed by atoms with Crippen molar-refractivity contribution in [3.63, 3.8) is 0 Å². The Hall–Kier alpha value is -1.59. The van der Waals surface area contributed by atoms with Crippen molar-refractivity contribution in [1.82, 2.24) is 10.2 Å². The normalized spacial score (nSPS) is 23.4. The second-order valence-corrected chi connectivity index (χ2v) is 10.7. The highest BCUT2D eigenvalue weighted by Crippen LogP contribution is 2.39. The standard InChI is InChI=1S/C18H15Cl3F2N2O5S/c19-18(20,21)8-30-17(28)13-10(14(22)23)7-31(29)16-12(15(27)25(13)16)24-11(26)6-9-4-2-1-3-5-9/h1-5,12,14,16H,6-8H2,(H,24,26)/t12?,16-,31?/m0/s1. The molecule has 7 nitrogen and oxygen atoms in total. The molecule has 0 spiro atoms. The molecule has 0 aliphatic carbocycles. The molecule has 2 heterocycles. The first-order chi connectivity index (χ1) is 14.5. The molecule has 0 aromatic heterocycles. The van der Waals surface area contributed by atoms with Crippen molar-refractivity contribution in [2.75, 3.05) is 12.4 Å². The number of alkyl halides is 5. The molecular weight excluding hydrogens is 501 g/mol. The molecule has 0 saturated carbocycles. The zero-order valence-electron chi connectivity index (χ0n) is 15.5. The number of nitrogens with zero attached hydrogens (tertiary/aromatic N) is 1. The van der Waals surface area contributed by atoms with Gasteiger partial charge in [-0.1, -0.05) is 65.1 Å². The van der Waals surface area contributed by atoms with Crippen LogP contribution in [0.15, 0.2) is 41.6 Å². The van der Waals surface area contributed by atoms with E-state index in [-0.39, 0.29) is 6.42 Å². The molecular formula is C18H15Cl3F2N2O5S. The Labute approximate surface area is 193 Å². The molecule has 2 aliphatic rings. The maximum absolute atomic E-state index is 13.5. The number of benzene rings is 1. The number of carbonyl (C=O) groups excluding carboxylic acids is 3. The van der Waals surface area contributed by atoms with Crippen molar-refractivity contribution in [3.8, 4) is 0 Å². The van der Waals surface area contributed by atoms with Crippen molar-refractivity contribution in [2.24, 2.45) is 0 Å². The van der Waals surface area contributed by atoms with Gasteiger partial charge >= 0.3 is 5.97 Å². The van der Waals surface area contributed by atoms with Crippen LogP contribution in [-0.2, 0) is 36.7 Å². The van der Waals surface area contributed by atoms with Crippen LogP contribution in [0.25, 0.3) is 0 Å². The molecule has 1 aromatic rings. The number of fused-ring (bicyclic) bond motifs is 1. The van der Waals surface area contributed by atoms with Gasteiger partial charge in [0.05, 0.1) is 12.0 Å². The van der Waals surface area contributed by atoms with E-state index in [4.69, 9.17) is 39.5 Å². The molecule has 0 bridgehead atoms. The molecule has 1 N–H and O–H groups in total. The number of β-lactam (4-membered cyclic amide) rings is 1. The van der Waals surface area contributed by atoms with E-state index < -0.39 is 74.2 Å². The lowest BCUT2D eigenvalue weighted by molar-refractivity contribution is -0.153. The number of ether oxygens (including phenoxy) is 1. The second kappa shape index (κ2) is 9.50. The highest BCUT2D eigenvalue weighted by molar-refractivity contribution is 7.92. The lowest BCUT2D eigenvalue weighted by atomic mass is 10.0. The largest absolute Gasteiger partial charge is 0.614 e. The summed E-state index contributed by atoms with van der Waals surface area (Å²) in [6, 6.07) is 7.44. The third-order valence-electron chi connectivity index (χ3n) is 4.50. The van der Waals surface area contributed by atoms with Gasteiger partial charge in [0, 0.05) is 0 Å². The first-order valence-electron chi connectivity index (χ1n) is 8.78. The summed E-state index contributed by atoms with van der Waals surface area (Å²) in [4.78, 5) is 38.0. The van der Waals surface area contributed by atoms with Crippen LogP contribution in [0.4, 0.5) is 8.78 Å². The van der Waals surface area contributed by atoms with Gasteiger partial charge in [0.1, 0.15) is 18.1 Å². The maximum atomic E-state index is 13.5. The predicted octanol–water partition coefficient (Wildman–Crippen LogP) is 2.08. The number of rotatable bonds is 6. The summed E-state index contributed by atoms with van der Waals surface area (Å²) in [5, 5.41) is 1.27. The molecule has 1 saturated heterocycles. The number of hydrogen-bond acceptors (Lipinski definition) is 5. The average molecular weight is 516 g/mol. The second-order valence-electron chi connectivity index (χ2n) is 6.70. The summed E-state index contributed by atoms with van der Waals surface area (Å²) in [5.41, 5.74) is -0.872. The van der Waals surface area contributed by atoms with E-state index in [0.29, 0.717) is 10.5 Å². The molecule has 3 rings (SSSR count). The minimum Gasteiger partial charge on any atom is -0.614 e. The SMILES string of the molecule is O=C(Cc1ccccc1)NC1C(=O)N2C(C(=O)OCC(Cl)(Cl)Cl)=C(C(F)F)C[S+]([O-])[C@@H]12. The Morgan fingerprint density at radius 3 is 2.52 bits per heavy atom. The molecule has 168 valence electrons. The minimum absolute atomic E-state index is 0.0414. The van der Waals surface area contributed by atoms with Gasteiger partial charge in [-0.05, 0) is 16.7 Å². The van der Waals surface area contributed by atoms with Crippen LogP contribution in [0.5, 0.6) is 0 Å². The fourth-order valence-corrected chi connectivity index (χ4v) is 5.02. The van der Waals surface area contributed by atoms with E-state index in [1.807, 2.05) is 0 Å². The Bertz CT molecular complexity index is 913. The van der Waals surface area contributed by atoms with Crippen molar-refractivity contribution >= 4 is 63.8 Å². The molecule has 1 fully saturated rings. The highest BCUT2D eigenvalue weighted by atomic mass is 35.6. The smallest absolute Gasteiger partial charge is 0.355 e. The van der Waals surface area contributed by atoms with Crippen molar-refractivity contribution in [1.29, 1.82) is 0 Å². The summed E-state index contributed by atoms with van der Waals surface area (Å²) >= 11 is 14.5. The minimum atomic E-state index is -3.17. The summed E-state index contributed by atoms with van der Waals surface area (Å²) in [5.74, 6) is -3.37. The van der Waals surface area contributed by atoms with Gasteiger partial charge < -0.3 is 14.6 Å². The topological polar surface area (TPSA) is 98.8 Å². The number of carbonyl (C=O) groups is 3. The van der Waals surface area contributed by atoms with E-state index in [2.05, 4.69) is 5.32 Å². The average Bonchev–Trinajstić information content (AvgIpc) is 2.69. The van der Waals surface area contributed by atoms with Crippen LogP contribution >= 0.6 is 34.8 Å². The van der Waals surface area contributed by atoms with Crippen molar-refractivity contribution in [2.45, 2.75) is 28.1 Å². The van der Waals surface area contributed by atoms with E-state index in [1.54, 1.807) is 30.3 Å². The van der Waals surface area contributed by atoms with Gasteiger partial charge in [-0.3, -0.25) is 14.5 Å². The van der Waals surface area contributed by atoms with E-state index >= 15 is 0 Å². The third kappa shape index (κ3) is 5.43. The zero-order valence-corrected chi connectivity index (χ0v) is 18.6. The fraction of sp³-hybridized carbons (Fsp3) is 0.389. The van der Waals surface area contributed by atoms with Gasteiger partial charge in [0.25, 0.3) is 12.3 Å². The van der Waals surface area contributed by atoms with E-state index in [0.717, 1.165) is 0 Å². The maximum Gasteiger partial charge on any atom is 0.355 e. The molecule has 1 aromatic carbocycles. The van der Waals surface area contributed by atoms with Crippen LogP contribution in [0, 0.1) is 0 Å². The van der Waals surface area contributed by atoms with Crippen LogP contribution in [0.3, 0.4) is 0 Å². The number of amides is 2. The molecule has 31 heavy (non-hydrogen) atoms. The van der Waals surface area contributed by atoms with Crippen molar-refractivity contribution < 1.29 is 32.5 Å². The van der Waals surface area contributed by atoms with Crippen LogP contribution in [0.1, 0.15) is 5.56 Å². The fourth-order valence-electron chi connectivity index (χ4n) is 3.18. The van der Waals surface area contributed by atoms with Crippen LogP contribution in [-0.4, -0.2) is 61.2 Å². The third-order valence-corrected chi connectivity index (χ3v) is 6.45. The highest BCUT2D eigenvalue weighted by Gasteiger charge is 2.62. The lowest BCUT2D eigenvalue weighted by Gasteiger charge is -2.49. The van der Waals surface area contributed by atoms with Gasteiger partial charge in [-0.15, -0.1) is 0 Å². The zero-order chi connectivity index (χ0) is 22.9. The van der Waals surface area contributed by atoms with E-state index in [9.17, 15) is 27.7 Å². The molecule has 2 amide bonds. The Morgan fingerprint density at radius 1 is 1.29 bits per heavy atom. The monoisotopic (exact) mass is 514 g/mol. The quantitative estimate of drug-likeness (QED) is 0.271. The van der Waals surface area contributed by atoms with Gasteiger partial charge in [0.15, 0.2) is 6.04 Å². The number of nitrogens with one attached hydrogen (secondary N) is 1. The summed E-state index contributed by atoms with van der Waals surface area (Å²) in [6.45, 7) is -0.746. The Balaban J connectivity index is 1.78. The first-order valence-corrected chi connectivity index (χ1v) is 11.3.